The van der Waals surface area contributed by atoms with E-state index in [2.05, 4.69) is 10.6 Å². The summed E-state index contributed by atoms with van der Waals surface area (Å²) in [5, 5.41) is 5.80. The van der Waals surface area contributed by atoms with Crippen LogP contribution in [0.2, 0.25) is 5.02 Å². The summed E-state index contributed by atoms with van der Waals surface area (Å²) in [4.78, 5) is 25.9. The van der Waals surface area contributed by atoms with Crippen LogP contribution in [-0.2, 0) is 19.6 Å². The molecule has 1 fully saturated rings. The molecule has 2 N–H and O–H groups in total. The first kappa shape index (κ1) is 26.5. The van der Waals surface area contributed by atoms with Crippen LogP contribution in [0.5, 0.6) is 0 Å². The van der Waals surface area contributed by atoms with Crippen LogP contribution in [0.1, 0.15) is 22.3 Å². The molecule has 34 heavy (non-hydrogen) atoms. The largest absolute Gasteiger partial charge is 0.379 e. The number of hydrogen-bond donors (Lipinski definition) is 2. The first-order valence-electron chi connectivity index (χ1n) is 10.8. The predicted octanol–water partition coefficient (Wildman–Crippen LogP) is 3.16. The van der Waals surface area contributed by atoms with Crippen LogP contribution in [0.4, 0.5) is 5.69 Å². The number of morpholine rings is 1. The molecule has 2 aromatic carbocycles. The molecule has 184 valence electrons. The van der Waals surface area contributed by atoms with E-state index < -0.39 is 27.9 Å². The molecule has 3 rings (SSSR count). The molecular weight excluding hydrogens is 498 g/mol. The molecule has 0 aromatic heterocycles. The van der Waals surface area contributed by atoms with Crippen molar-refractivity contribution in [3.05, 3.63) is 58.6 Å². The Hall–Kier alpha value is -2.11. The number of hydrogen-bond acceptors (Lipinski definition) is 6. The molecule has 1 saturated heterocycles. The van der Waals surface area contributed by atoms with Gasteiger partial charge >= 0.3 is 0 Å². The molecule has 1 aliphatic heterocycles. The standard InChI is InChI=1S/C23H28ClN3O5S2/c1-16-7-8-17(15-21(16)34(30,31)27-10-12-32-13-11-27)25-23(29)20(9-14-33-2)26-22(28)18-5-3-4-6-19(18)24/h3-8,15,20H,9-14H2,1-2H3,(H,25,29)(H,26,28)/t20-/m0/s1. The highest BCUT2D eigenvalue weighted by molar-refractivity contribution is 7.98. The highest BCUT2D eigenvalue weighted by Crippen LogP contribution is 2.25. The van der Waals surface area contributed by atoms with Gasteiger partial charge in [-0.1, -0.05) is 29.8 Å². The summed E-state index contributed by atoms with van der Waals surface area (Å²) in [7, 11) is -3.73. The fourth-order valence-electron chi connectivity index (χ4n) is 3.50. The molecule has 2 aromatic rings. The Balaban J connectivity index is 1.79. The van der Waals surface area contributed by atoms with Gasteiger partial charge in [0.25, 0.3) is 5.91 Å². The van der Waals surface area contributed by atoms with Crippen molar-refractivity contribution in [1.82, 2.24) is 9.62 Å². The maximum atomic E-state index is 13.1. The summed E-state index contributed by atoms with van der Waals surface area (Å²) in [6.07, 6.45) is 2.31. The third kappa shape index (κ3) is 6.51. The lowest BCUT2D eigenvalue weighted by Gasteiger charge is -2.27. The topological polar surface area (TPSA) is 105 Å². The molecule has 11 heteroatoms. The zero-order chi connectivity index (χ0) is 24.7. The number of rotatable bonds is 9. The quantitative estimate of drug-likeness (QED) is 0.521. The van der Waals surface area contributed by atoms with Crippen molar-refractivity contribution in [1.29, 1.82) is 0 Å². The number of aryl methyl sites for hydroxylation is 1. The number of thioether (sulfide) groups is 1. The van der Waals surface area contributed by atoms with E-state index in [1.54, 1.807) is 55.1 Å². The van der Waals surface area contributed by atoms with Crippen molar-refractivity contribution < 1.29 is 22.7 Å². The normalized spacial score (nSPS) is 15.5. The van der Waals surface area contributed by atoms with E-state index in [4.69, 9.17) is 16.3 Å². The van der Waals surface area contributed by atoms with Crippen LogP contribution in [0.3, 0.4) is 0 Å². The maximum absolute atomic E-state index is 13.1. The third-order valence-electron chi connectivity index (χ3n) is 5.39. The van der Waals surface area contributed by atoms with Gasteiger partial charge < -0.3 is 15.4 Å². The number of nitrogens with one attached hydrogen (secondary N) is 2. The third-order valence-corrected chi connectivity index (χ3v) is 8.41. The van der Waals surface area contributed by atoms with Gasteiger partial charge in [-0.3, -0.25) is 9.59 Å². The van der Waals surface area contributed by atoms with Gasteiger partial charge in [0.2, 0.25) is 15.9 Å². The molecule has 8 nitrogen and oxygen atoms in total. The summed E-state index contributed by atoms with van der Waals surface area (Å²) >= 11 is 7.67. The average Bonchev–Trinajstić information content (AvgIpc) is 2.83. The average molecular weight is 526 g/mol. The van der Waals surface area contributed by atoms with Crippen molar-refractivity contribution in [3.8, 4) is 0 Å². The minimum atomic E-state index is -3.73. The zero-order valence-electron chi connectivity index (χ0n) is 19.0. The number of sulfonamides is 1. The van der Waals surface area contributed by atoms with Crippen LogP contribution in [-0.4, -0.2) is 68.9 Å². The predicted molar refractivity (Wildman–Crippen MR) is 135 cm³/mol. The van der Waals surface area contributed by atoms with E-state index in [0.29, 0.717) is 41.7 Å². The van der Waals surface area contributed by atoms with Crippen molar-refractivity contribution in [2.45, 2.75) is 24.3 Å². The number of nitrogens with zero attached hydrogens (tertiary/aromatic N) is 1. The van der Waals surface area contributed by atoms with Crippen molar-refractivity contribution >= 4 is 50.9 Å². The molecule has 0 bridgehead atoms. The molecule has 0 saturated carbocycles. The maximum Gasteiger partial charge on any atom is 0.253 e. The number of ether oxygens (including phenoxy) is 1. The van der Waals surface area contributed by atoms with Gasteiger partial charge in [0.1, 0.15) is 6.04 Å². The van der Waals surface area contributed by atoms with E-state index in [0.717, 1.165) is 0 Å². The van der Waals surface area contributed by atoms with Crippen LogP contribution in [0.15, 0.2) is 47.4 Å². The molecule has 1 heterocycles. The zero-order valence-corrected chi connectivity index (χ0v) is 21.4. The van der Waals surface area contributed by atoms with Crippen LogP contribution in [0, 0.1) is 6.92 Å². The summed E-state index contributed by atoms with van der Waals surface area (Å²) in [6, 6.07) is 10.5. The Morgan fingerprint density at radius 1 is 1.18 bits per heavy atom. The molecule has 0 radical (unpaired) electrons. The van der Waals surface area contributed by atoms with Crippen molar-refractivity contribution in [2.75, 3.05) is 43.6 Å². The Morgan fingerprint density at radius 3 is 2.56 bits per heavy atom. The van der Waals surface area contributed by atoms with Gasteiger partial charge in [-0.2, -0.15) is 16.1 Å². The lowest BCUT2D eigenvalue weighted by Crippen LogP contribution is -2.44. The fourth-order valence-corrected chi connectivity index (χ4v) is 5.85. The molecule has 2 amide bonds. The Labute approximate surface area is 209 Å². The highest BCUT2D eigenvalue weighted by atomic mass is 35.5. The Bertz CT molecular complexity index is 1140. The van der Waals surface area contributed by atoms with Crippen molar-refractivity contribution in [3.63, 3.8) is 0 Å². The van der Waals surface area contributed by atoms with Gasteiger partial charge in [-0.05, 0) is 55.2 Å². The SMILES string of the molecule is CSCC[C@H](NC(=O)c1ccccc1Cl)C(=O)Nc1ccc(C)c(S(=O)(=O)N2CCOCC2)c1. The summed E-state index contributed by atoms with van der Waals surface area (Å²) in [6.45, 7) is 2.96. The van der Waals surface area contributed by atoms with E-state index in [9.17, 15) is 18.0 Å². The molecule has 0 aliphatic carbocycles. The first-order chi connectivity index (χ1) is 16.2. The number of carbonyl (C=O) groups excluding carboxylic acids is 2. The molecular formula is C23H28ClN3O5S2. The number of halogens is 1. The Kier molecular flexibility index (Phi) is 9.38. The number of anilines is 1. The highest BCUT2D eigenvalue weighted by Gasteiger charge is 2.28. The second-order valence-electron chi connectivity index (χ2n) is 7.77. The van der Waals surface area contributed by atoms with Gasteiger partial charge in [0, 0.05) is 18.8 Å². The van der Waals surface area contributed by atoms with Gasteiger partial charge in [-0.15, -0.1) is 0 Å². The van der Waals surface area contributed by atoms with E-state index >= 15 is 0 Å². The second-order valence-corrected chi connectivity index (χ2v) is 11.1. The smallest absolute Gasteiger partial charge is 0.253 e. The van der Waals surface area contributed by atoms with Gasteiger partial charge in [-0.25, -0.2) is 8.42 Å². The van der Waals surface area contributed by atoms with E-state index in [1.165, 1.54) is 10.4 Å². The molecule has 1 aliphatic rings. The lowest BCUT2D eigenvalue weighted by atomic mass is 10.1. The number of carbonyl (C=O) groups is 2. The fraction of sp³-hybridized carbons (Fsp3) is 0.391. The molecule has 0 unspecified atom stereocenters. The van der Waals surface area contributed by atoms with E-state index in [1.807, 2.05) is 6.26 Å². The molecule has 0 spiro atoms. The minimum absolute atomic E-state index is 0.132. The van der Waals surface area contributed by atoms with Gasteiger partial charge in [0.05, 0.1) is 28.7 Å². The monoisotopic (exact) mass is 525 g/mol. The summed E-state index contributed by atoms with van der Waals surface area (Å²) < 4.78 is 32.9. The second kappa shape index (κ2) is 12.0. The number of benzene rings is 2. The molecule has 1 atom stereocenters. The number of amides is 2. The van der Waals surface area contributed by atoms with Gasteiger partial charge in [0.15, 0.2) is 0 Å². The van der Waals surface area contributed by atoms with Crippen LogP contribution >= 0.6 is 23.4 Å². The lowest BCUT2D eigenvalue weighted by molar-refractivity contribution is -0.118. The Morgan fingerprint density at radius 2 is 1.88 bits per heavy atom. The summed E-state index contributed by atoms with van der Waals surface area (Å²) in [5.74, 6) is -0.245. The first-order valence-corrected chi connectivity index (χ1v) is 14.0. The minimum Gasteiger partial charge on any atom is -0.379 e. The van der Waals surface area contributed by atoms with E-state index in [-0.39, 0.29) is 23.5 Å². The summed E-state index contributed by atoms with van der Waals surface area (Å²) in [5.41, 5.74) is 1.19. The van der Waals surface area contributed by atoms with Crippen molar-refractivity contribution in [2.24, 2.45) is 0 Å². The van der Waals surface area contributed by atoms with Crippen LogP contribution < -0.4 is 10.6 Å². The van der Waals surface area contributed by atoms with Crippen LogP contribution in [0.25, 0.3) is 0 Å².